The van der Waals surface area contributed by atoms with Crippen molar-refractivity contribution in [2.45, 2.75) is 77.2 Å². The molecular weight excluding hydrogens is 328 g/mol. The maximum absolute atomic E-state index is 9.39. The van der Waals surface area contributed by atoms with Crippen molar-refractivity contribution in [3.8, 4) is 0 Å². The van der Waals surface area contributed by atoms with Gasteiger partial charge < -0.3 is 9.80 Å². The molecule has 2 unspecified atom stereocenters. The highest BCUT2D eigenvalue weighted by Crippen LogP contribution is 2.54. The van der Waals surface area contributed by atoms with E-state index in [1.54, 1.807) is 0 Å². The van der Waals surface area contributed by atoms with E-state index in [-0.39, 0.29) is 12.2 Å². The summed E-state index contributed by atoms with van der Waals surface area (Å²) < 4.78 is 9.39. The first kappa shape index (κ1) is 16.3. The Morgan fingerprint density at radius 2 is 1.56 bits per heavy atom. The Hall–Kier alpha value is -1.70. The van der Waals surface area contributed by atoms with Gasteiger partial charge in [0.25, 0.3) is 0 Å². The Balaban J connectivity index is 1.59. The third-order valence-corrected chi connectivity index (χ3v) is 7.79. The van der Waals surface area contributed by atoms with Crippen LogP contribution in [0.2, 0.25) is 0 Å². The van der Waals surface area contributed by atoms with E-state index in [1.165, 1.54) is 80.4 Å². The number of allylic oxidation sites excluding steroid dienone is 2. The van der Waals surface area contributed by atoms with Crippen LogP contribution in [-0.2, 0) is 0 Å². The minimum atomic E-state index is -0.353. The van der Waals surface area contributed by atoms with Gasteiger partial charge in [-0.25, -0.2) is 0 Å². The highest BCUT2D eigenvalue weighted by atomic mass is 15.4. The number of nitrogens with zero attached hydrogens (tertiary/aromatic N) is 2. The largest absolute Gasteiger partial charge is 0.342 e. The second-order valence-electron chi connectivity index (χ2n) is 9.15. The average Bonchev–Trinajstić information content (AvgIpc) is 3.43. The zero-order chi connectivity index (χ0) is 19.3. The SMILES string of the molecule is [2H]C1N(c2ccccc2C)C(C)=C2C=CC(C3CCCCC3)(C3CCCC3)N21. The molecule has 0 saturated heterocycles. The number of benzene rings is 1. The van der Waals surface area contributed by atoms with E-state index in [9.17, 15) is 1.37 Å². The summed E-state index contributed by atoms with van der Waals surface area (Å²) in [5.41, 5.74) is 5.08. The highest BCUT2D eigenvalue weighted by Gasteiger charge is 2.53. The second kappa shape index (κ2) is 6.72. The van der Waals surface area contributed by atoms with Crippen LogP contribution in [0, 0.1) is 18.8 Å². The molecule has 2 aliphatic carbocycles. The van der Waals surface area contributed by atoms with Crippen LogP contribution in [0.4, 0.5) is 5.69 Å². The van der Waals surface area contributed by atoms with Crippen LogP contribution in [0.1, 0.15) is 71.6 Å². The Kier molecular flexibility index (Phi) is 4.05. The number of aryl methyl sites for hydroxylation is 1. The maximum Gasteiger partial charge on any atom is 0.0958 e. The second-order valence-corrected chi connectivity index (χ2v) is 9.15. The Labute approximate surface area is 166 Å². The summed E-state index contributed by atoms with van der Waals surface area (Å²) in [5, 5.41) is 0. The molecule has 0 bridgehead atoms. The van der Waals surface area contributed by atoms with Crippen molar-refractivity contribution in [3.05, 3.63) is 53.4 Å². The normalized spacial score (nSPS) is 32.5. The molecule has 4 aliphatic rings. The predicted octanol–water partition coefficient (Wildman–Crippen LogP) is 6.39. The zero-order valence-electron chi connectivity index (χ0n) is 18.0. The van der Waals surface area contributed by atoms with Crippen LogP contribution in [-0.4, -0.2) is 17.1 Å². The minimum absolute atomic E-state index is 0.0668. The lowest BCUT2D eigenvalue weighted by molar-refractivity contribution is 0.0503. The number of fused-ring (bicyclic) bond motifs is 1. The molecule has 144 valence electrons. The van der Waals surface area contributed by atoms with Crippen molar-refractivity contribution in [1.29, 1.82) is 0 Å². The van der Waals surface area contributed by atoms with E-state index in [0.29, 0.717) is 11.8 Å². The number of hydrogen-bond donors (Lipinski definition) is 0. The monoisotopic (exact) mass is 363 g/mol. The number of rotatable bonds is 3. The van der Waals surface area contributed by atoms with E-state index < -0.39 is 0 Å². The molecule has 27 heavy (non-hydrogen) atoms. The summed E-state index contributed by atoms with van der Waals surface area (Å²) in [7, 11) is 0. The van der Waals surface area contributed by atoms with Gasteiger partial charge in [-0.05, 0) is 69.1 Å². The van der Waals surface area contributed by atoms with Gasteiger partial charge in [-0.3, -0.25) is 0 Å². The fourth-order valence-electron chi connectivity index (χ4n) is 6.39. The van der Waals surface area contributed by atoms with Gasteiger partial charge in [-0.1, -0.05) is 56.4 Å². The smallest absolute Gasteiger partial charge is 0.0958 e. The molecule has 2 atom stereocenters. The molecule has 0 spiro atoms. The third-order valence-electron chi connectivity index (χ3n) is 7.79. The molecule has 0 amide bonds. The van der Waals surface area contributed by atoms with E-state index in [2.05, 4.69) is 60.1 Å². The van der Waals surface area contributed by atoms with Crippen LogP contribution in [0.3, 0.4) is 0 Å². The minimum Gasteiger partial charge on any atom is -0.342 e. The molecule has 1 aromatic carbocycles. The van der Waals surface area contributed by atoms with Gasteiger partial charge in [-0.2, -0.15) is 0 Å². The van der Waals surface area contributed by atoms with Crippen molar-refractivity contribution in [1.82, 2.24) is 4.90 Å². The van der Waals surface area contributed by atoms with Gasteiger partial charge in [0.1, 0.15) is 0 Å². The van der Waals surface area contributed by atoms with Crippen LogP contribution < -0.4 is 4.90 Å². The van der Waals surface area contributed by atoms with E-state index in [0.717, 1.165) is 0 Å². The number of para-hydroxylation sites is 1. The Morgan fingerprint density at radius 1 is 0.926 bits per heavy atom. The standard InChI is InChI=1S/C25H34N2/c1-19-10-6-9-15-23(19)26-18-27-24(20(26)2)16-17-25(27,22-13-7-8-14-22)21-11-4-3-5-12-21/h6,9-10,15-17,21-22H,3-5,7-8,11-14,18H2,1-2H3/i18D. The molecule has 2 heteroatoms. The molecule has 0 radical (unpaired) electrons. The molecule has 2 nitrogen and oxygen atoms in total. The molecule has 0 N–H and O–H groups in total. The maximum atomic E-state index is 9.39. The van der Waals surface area contributed by atoms with Crippen LogP contribution in [0.5, 0.6) is 0 Å². The van der Waals surface area contributed by atoms with Gasteiger partial charge >= 0.3 is 0 Å². The first-order valence-corrected chi connectivity index (χ1v) is 11.1. The molecule has 2 fully saturated rings. The van der Waals surface area contributed by atoms with Gasteiger partial charge in [0.2, 0.25) is 0 Å². The third kappa shape index (κ3) is 2.59. The quantitative estimate of drug-likeness (QED) is 0.614. The molecule has 5 rings (SSSR count). The zero-order valence-corrected chi connectivity index (χ0v) is 17.0. The highest BCUT2D eigenvalue weighted by molar-refractivity contribution is 5.61. The Bertz CT molecular complexity index is 801. The van der Waals surface area contributed by atoms with Gasteiger partial charge in [-0.15, -0.1) is 0 Å². The fourth-order valence-corrected chi connectivity index (χ4v) is 6.39. The summed E-state index contributed by atoms with van der Waals surface area (Å²) in [4.78, 5) is 4.82. The van der Waals surface area contributed by atoms with Crippen molar-refractivity contribution in [2.75, 3.05) is 11.5 Å². The molecule has 2 saturated carbocycles. The first-order valence-electron chi connectivity index (χ1n) is 11.7. The average molecular weight is 364 g/mol. The molecule has 1 aromatic rings. The predicted molar refractivity (Wildman–Crippen MR) is 113 cm³/mol. The van der Waals surface area contributed by atoms with Crippen molar-refractivity contribution < 1.29 is 1.37 Å². The van der Waals surface area contributed by atoms with Crippen molar-refractivity contribution >= 4 is 5.69 Å². The summed E-state index contributed by atoms with van der Waals surface area (Å²) in [5.74, 6) is 1.41. The van der Waals surface area contributed by atoms with E-state index >= 15 is 0 Å². The lowest BCUT2D eigenvalue weighted by Gasteiger charge is -2.50. The summed E-state index contributed by atoms with van der Waals surface area (Å²) >= 11 is 0. The van der Waals surface area contributed by atoms with Crippen LogP contribution in [0.15, 0.2) is 47.8 Å². The van der Waals surface area contributed by atoms with Crippen LogP contribution in [0.25, 0.3) is 0 Å². The lowest BCUT2D eigenvalue weighted by Crippen LogP contribution is -2.55. The Morgan fingerprint density at radius 3 is 2.22 bits per heavy atom. The van der Waals surface area contributed by atoms with E-state index in [4.69, 9.17) is 0 Å². The van der Waals surface area contributed by atoms with Gasteiger partial charge in [0, 0.05) is 11.4 Å². The van der Waals surface area contributed by atoms with Gasteiger partial charge in [0.15, 0.2) is 0 Å². The topological polar surface area (TPSA) is 6.48 Å². The first-order chi connectivity index (χ1) is 13.6. The van der Waals surface area contributed by atoms with Crippen molar-refractivity contribution in [2.24, 2.45) is 11.8 Å². The van der Waals surface area contributed by atoms with Crippen molar-refractivity contribution in [3.63, 3.8) is 0 Å². The summed E-state index contributed by atoms with van der Waals surface area (Å²) in [6.07, 6.45) is 17.1. The lowest BCUT2D eigenvalue weighted by atomic mass is 9.67. The summed E-state index contributed by atoms with van der Waals surface area (Å²) in [6, 6.07) is 8.56. The molecular formula is C25H34N2. The molecule has 0 aromatic heterocycles. The number of anilines is 1. The fraction of sp³-hybridized carbons (Fsp3) is 0.600. The molecule has 2 aliphatic heterocycles. The van der Waals surface area contributed by atoms with Gasteiger partial charge in [0.05, 0.1) is 19.3 Å². The van der Waals surface area contributed by atoms with Crippen LogP contribution >= 0.6 is 0 Å². The molecule has 2 heterocycles. The van der Waals surface area contributed by atoms with E-state index in [1.807, 2.05) is 0 Å². The summed E-state index contributed by atoms with van der Waals surface area (Å²) in [6.45, 7) is 4.04. The number of hydrogen-bond acceptors (Lipinski definition) is 2.